The minimum atomic E-state index is -0.744. The molecule has 0 aliphatic rings. The molecule has 0 radical (unpaired) electrons. The molecule has 0 amide bonds. The molecule has 0 fully saturated rings. The minimum absolute atomic E-state index is 0.0185. The fourth-order valence-corrected chi connectivity index (χ4v) is 1.30. The Morgan fingerprint density at radius 2 is 1.93 bits per heavy atom. The summed E-state index contributed by atoms with van der Waals surface area (Å²) in [4.78, 5) is 12.6. The molecule has 0 aliphatic heterocycles. The summed E-state index contributed by atoms with van der Waals surface area (Å²) in [5.74, 6) is -0.744. The first-order valence-corrected chi connectivity index (χ1v) is 5.05. The first kappa shape index (κ1) is 13.4. The molecule has 0 aromatic carbocycles. The van der Waals surface area contributed by atoms with Crippen molar-refractivity contribution in [1.29, 1.82) is 0 Å². The average molecular weight is 202 g/mol. The standard InChI is InChI=1S/C10H22N2O2/c1-10(2,3)12(7-4-6-11)8-5-9(13)14/h4-8,11H2,1-3H3,(H,13,14). The Morgan fingerprint density at radius 1 is 1.36 bits per heavy atom. The molecule has 0 aromatic rings. The highest BCUT2D eigenvalue weighted by Gasteiger charge is 2.20. The normalized spacial score (nSPS) is 12.1. The summed E-state index contributed by atoms with van der Waals surface area (Å²) in [7, 11) is 0. The fraction of sp³-hybridized carbons (Fsp3) is 0.900. The number of hydrogen-bond acceptors (Lipinski definition) is 3. The highest BCUT2D eigenvalue weighted by atomic mass is 16.4. The Balaban J connectivity index is 4.04. The molecule has 0 saturated heterocycles. The summed E-state index contributed by atoms with van der Waals surface area (Å²) in [6.07, 6.45) is 1.11. The summed E-state index contributed by atoms with van der Waals surface area (Å²) < 4.78 is 0. The maximum Gasteiger partial charge on any atom is 0.304 e. The van der Waals surface area contributed by atoms with Crippen LogP contribution < -0.4 is 5.73 Å². The van der Waals surface area contributed by atoms with Crippen molar-refractivity contribution in [3.8, 4) is 0 Å². The van der Waals surface area contributed by atoms with E-state index < -0.39 is 5.97 Å². The predicted octanol–water partition coefficient (Wildman–Crippen LogP) is 0.910. The smallest absolute Gasteiger partial charge is 0.304 e. The highest BCUT2D eigenvalue weighted by molar-refractivity contribution is 5.66. The lowest BCUT2D eigenvalue weighted by atomic mass is 10.1. The van der Waals surface area contributed by atoms with Crippen LogP contribution in [0.2, 0.25) is 0 Å². The van der Waals surface area contributed by atoms with E-state index in [0.29, 0.717) is 13.1 Å². The number of rotatable bonds is 6. The van der Waals surface area contributed by atoms with Gasteiger partial charge in [0.15, 0.2) is 0 Å². The van der Waals surface area contributed by atoms with Crippen LogP contribution in [-0.4, -0.2) is 41.1 Å². The Kier molecular flexibility index (Phi) is 5.72. The van der Waals surface area contributed by atoms with E-state index in [-0.39, 0.29) is 12.0 Å². The van der Waals surface area contributed by atoms with Gasteiger partial charge in [0.1, 0.15) is 0 Å². The van der Waals surface area contributed by atoms with Crippen LogP contribution >= 0.6 is 0 Å². The number of nitrogens with zero attached hydrogens (tertiary/aromatic N) is 1. The zero-order valence-electron chi connectivity index (χ0n) is 9.42. The zero-order chi connectivity index (χ0) is 11.2. The number of hydrogen-bond donors (Lipinski definition) is 2. The van der Waals surface area contributed by atoms with E-state index in [9.17, 15) is 4.79 Å². The third kappa shape index (κ3) is 5.94. The van der Waals surface area contributed by atoms with Crippen LogP contribution in [-0.2, 0) is 4.79 Å². The molecule has 0 heterocycles. The number of carboxylic acids is 1. The molecule has 84 valence electrons. The van der Waals surface area contributed by atoms with Gasteiger partial charge in [0.25, 0.3) is 0 Å². The van der Waals surface area contributed by atoms with Crippen molar-refractivity contribution in [2.75, 3.05) is 19.6 Å². The van der Waals surface area contributed by atoms with E-state index in [4.69, 9.17) is 10.8 Å². The first-order valence-electron chi connectivity index (χ1n) is 5.05. The summed E-state index contributed by atoms with van der Waals surface area (Å²) in [5.41, 5.74) is 5.45. The van der Waals surface area contributed by atoms with Gasteiger partial charge < -0.3 is 10.8 Å². The van der Waals surface area contributed by atoms with Gasteiger partial charge in [0.2, 0.25) is 0 Å². The van der Waals surface area contributed by atoms with E-state index in [1.54, 1.807) is 0 Å². The molecule has 0 unspecified atom stereocenters. The molecule has 0 atom stereocenters. The Labute approximate surface area is 86.1 Å². The van der Waals surface area contributed by atoms with E-state index in [1.807, 2.05) is 0 Å². The second-order valence-corrected chi connectivity index (χ2v) is 4.44. The molecule has 4 nitrogen and oxygen atoms in total. The number of carbonyl (C=O) groups is 1. The van der Waals surface area contributed by atoms with Gasteiger partial charge >= 0.3 is 5.97 Å². The van der Waals surface area contributed by atoms with Crippen LogP contribution in [0.3, 0.4) is 0 Å². The van der Waals surface area contributed by atoms with Crippen molar-refractivity contribution in [2.24, 2.45) is 5.73 Å². The van der Waals surface area contributed by atoms with Crippen molar-refractivity contribution >= 4 is 5.97 Å². The van der Waals surface area contributed by atoms with Gasteiger partial charge in [-0.15, -0.1) is 0 Å². The second kappa shape index (κ2) is 5.98. The largest absolute Gasteiger partial charge is 0.481 e. The quantitative estimate of drug-likeness (QED) is 0.672. The van der Waals surface area contributed by atoms with Gasteiger partial charge in [-0.2, -0.15) is 0 Å². The van der Waals surface area contributed by atoms with E-state index in [1.165, 1.54) is 0 Å². The molecular formula is C10H22N2O2. The monoisotopic (exact) mass is 202 g/mol. The van der Waals surface area contributed by atoms with Crippen LogP contribution in [0.1, 0.15) is 33.6 Å². The van der Waals surface area contributed by atoms with Crippen molar-refractivity contribution in [2.45, 2.75) is 39.2 Å². The summed E-state index contributed by atoms with van der Waals surface area (Å²) in [6, 6.07) is 0. The molecule has 0 aromatic heterocycles. The lowest BCUT2D eigenvalue weighted by molar-refractivity contribution is -0.137. The average Bonchev–Trinajstić information content (AvgIpc) is 2.01. The van der Waals surface area contributed by atoms with Gasteiger partial charge in [-0.3, -0.25) is 9.69 Å². The fourth-order valence-electron chi connectivity index (χ4n) is 1.30. The van der Waals surface area contributed by atoms with Gasteiger partial charge in [-0.25, -0.2) is 0 Å². The number of aliphatic carboxylic acids is 1. The van der Waals surface area contributed by atoms with Gasteiger partial charge in [0, 0.05) is 12.1 Å². The molecule has 0 spiro atoms. The Morgan fingerprint density at radius 3 is 2.29 bits per heavy atom. The van der Waals surface area contributed by atoms with Crippen molar-refractivity contribution < 1.29 is 9.90 Å². The van der Waals surface area contributed by atoms with Crippen molar-refractivity contribution in [3.63, 3.8) is 0 Å². The molecule has 0 rings (SSSR count). The zero-order valence-corrected chi connectivity index (χ0v) is 9.42. The van der Waals surface area contributed by atoms with Crippen LogP contribution in [0.15, 0.2) is 0 Å². The number of nitrogens with two attached hydrogens (primary N) is 1. The van der Waals surface area contributed by atoms with Crippen molar-refractivity contribution in [3.05, 3.63) is 0 Å². The maximum absolute atomic E-state index is 10.5. The third-order valence-corrected chi connectivity index (χ3v) is 2.18. The molecule has 3 N–H and O–H groups in total. The lowest BCUT2D eigenvalue weighted by Crippen LogP contribution is -2.43. The Hall–Kier alpha value is -0.610. The van der Waals surface area contributed by atoms with Gasteiger partial charge in [-0.05, 0) is 40.3 Å². The van der Waals surface area contributed by atoms with Crippen LogP contribution in [0, 0.1) is 0 Å². The lowest BCUT2D eigenvalue weighted by Gasteiger charge is -2.35. The molecule has 4 heteroatoms. The summed E-state index contributed by atoms with van der Waals surface area (Å²) in [5, 5.41) is 8.60. The SMILES string of the molecule is CC(C)(C)N(CCCN)CCC(=O)O. The van der Waals surface area contributed by atoms with Crippen LogP contribution in [0.4, 0.5) is 0 Å². The molecule has 0 aliphatic carbocycles. The minimum Gasteiger partial charge on any atom is -0.481 e. The Bertz CT molecular complexity index is 175. The predicted molar refractivity (Wildman–Crippen MR) is 57.3 cm³/mol. The van der Waals surface area contributed by atoms with Crippen molar-refractivity contribution in [1.82, 2.24) is 4.90 Å². The summed E-state index contributed by atoms with van der Waals surface area (Å²) >= 11 is 0. The number of carboxylic acid groups (broad SMARTS) is 1. The second-order valence-electron chi connectivity index (χ2n) is 4.44. The molecule has 14 heavy (non-hydrogen) atoms. The maximum atomic E-state index is 10.5. The molecular weight excluding hydrogens is 180 g/mol. The molecule has 0 bridgehead atoms. The topological polar surface area (TPSA) is 66.6 Å². The van der Waals surface area contributed by atoms with E-state index >= 15 is 0 Å². The van der Waals surface area contributed by atoms with Gasteiger partial charge in [-0.1, -0.05) is 0 Å². The van der Waals surface area contributed by atoms with E-state index in [2.05, 4.69) is 25.7 Å². The first-order chi connectivity index (χ1) is 6.38. The summed E-state index contributed by atoms with van der Waals surface area (Å²) in [6.45, 7) is 8.38. The van der Waals surface area contributed by atoms with Gasteiger partial charge in [0.05, 0.1) is 6.42 Å². The molecule has 0 saturated carbocycles. The third-order valence-electron chi connectivity index (χ3n) is 2.18. The van der Waals surface area contributed by atoms with E-state index in [0.717, 1.165) is 13.0 Å². The highest BCUT2D eigenvalue weighted by Crippen LogP contribution is 2.13. The van der Waals surface area contributed by atoms with Crippen LogP contribution in [0.25, 0.3) is 0 Å². The van der Waals surface area contributed by atoms with Crippen LogP contribution in [0.5, 0.6) is 0 Å².